The van der Waals surface area contributed by atoms with Crippen LogP contribution >= 0.6 is 27.3 Å². The molecule has 0 amide bonds. The Morgan fingerprint density at radius 1 is 1.10 bits per heavy atom. The van der Waals surface area contributed by atoms with E-state index in [4.69, 9.17) is 5.73 Å². The summed E-state index contributed by atoms with van der Waals surface area (Å²) in [4.78, 5) is 0.967. The summed E-state index contributed by atoms with van der Waals surface area (Å²) in [7, 11) is 0. The van der Waals surface area contributed by atoms with Crippen molar-refractivity contribution in [3.8, 4) is 0 Å². The lowest BCUT2D eigenvalue weighted by Gasteiger charge is -2.21. The summed E-state index contributed by atoms with van der Waals surface area (Å²) < 4.78 is 2.22. The van der Waals surface area contributed by atoms with E-state index < -0.39 is 6.10 Å². The smallest absolute Gasteiger partial charge is 0.0962 e. The fourth-order valence-electron chi connectivity index (χ4n) is 2.50. The zero-order chi connectivity index (χ0) is 14.8. The Morgan fingerprint density at radius 2 is 1.81 bits per heavy atom. The second-order valence-electron chi connectivity index (χ2n) is 5.03. The minimum absolute atomic E-state index is 0.0915. The van der Waals surface area contributed by atoms with E-state index in [1.54, 1.807) is 11.3 Å². The number of halogens is 1. The predicted molar refractivity (Wildman–Crippen MR) is 92.7 cm³/mol. The minimum atomic E-state index is -0.575. The van der Waals surface area contributed by atoms with Crippen LogP contribution in [0.4, 0.5) is 0 Å². The lowest BCUT2D eigenvalue weighted by molar-refractivity contribution is 0.151. The van der Waals surface area contributed by atoms with Gasteiger partial charge in [-0.1, -0.05) is 46.3 Å². The van der Waals surface area contributed by atoms with Gasteiger partial charge in [-0.2, -0.15) is 0 Å². The number of fused-ring (bicyclic) bond motifs is 1. The number of nitrogens with two attached hydrogens (primary N) is 1. The SMILES string of the molecule is NCC(c1ccc(Br)cc1)C(O)c1cc2ccccc2s1. The highest BCUT2D eigenvalue weighted by atomic mass is 79.9. The third-order valence-corrected chi connectivity index (χ3v) is 5.38. The maximum Gasteiger partial charge on any atom is 0.0962 e. The summed E-state index contributed by atoms with van der Waals surface area (Å²) in [5.74, 6) is -0.0915. The van der Waals surface area contributed by atoms with E-state index in [0.717, 1.165) is 14.9 Å². The molecule has 0 spiro atoms. The zero-order valence-electron chi connectivity index (χ0n) is 11.4. The molecule has 0 fully saturated rings. The van der Waals surface area contributed by atoms with Crippen molar-refractivity contribution in [1.29, 1.82) is 0 Å². The second-order valence-corrected chi connectivity index (χ2v) is 7.06. The van der Waals surface area contributed by atoms with Crippen molar-refractivity contribution in [3.05, 3.63) is 69.5 Å². The molecule has 0 saturated heterocycles. The van der Waals surface area contributed by atoms with Gasteiger partial charge >= 0.3 is 0 Å². The van der Waals surface area contributed by atoms with Gasteiger partial charge in [-0.15, -0.1) is 11.3 Å². The molecule has 2 nitrogen and oxygen atoms in total. The lowest BCUT2D eigenvalue weighted by atomic mass is 9.92. The largest absolute Gasteiger partial charge is 0.387 e. The average molecular weight is 362 g/mol. The standard InChI is InChI=1S/C17H16BrNOS/c18-13-7-5-11(6-8-13)14(10-19)17(20)16-9-12-3-1-2-4-15(12)21-16/h1-9,14,17,20H,10,19H2. The average Bonchev–Trinajstić information content (AvgIpc) is 2.93. The van der Waals surface area contributed by atoms with Crippen molar-refractivity contribution in [2.45, 2.75) is 12.0 Å². The first-order chi connectivity index (χ1) is 10.2. The number of thiophene rings is 1. The van der Waals surface area contributed by atoms with Gasteiger partial charge in [-0.25, -0.2) is 0 Å². The molecule has 3 aromatic rings. The third kappa shape index (κ3) is 3.04. The highest BCUT2D eigenvalue weighted by Gasteiger charge is 2.23. The lowest BCUT2D eigenvalue weighted by Crippen LogP contribution is -2.19. The molecule has 0 aliphatic carbocycles. The van der Waals surface area contributed by atoms with Crippen LogP contribution in [0.3, 0.4) is 0 Å². The molecule has 0 saturated carbocycles. The molecule has 0 aliphatic rings. The fourth-order valence-corrected chi connectivity index (χ4v) is 3.88. The Balaban J connectivity index is 1.94. The number of aliphatic hydroxyl groups excluding tert-OH is 1. The quantitative estimate of drug-likeness (QED) is 0.721. The maximum absolute atomic E-state index is 10.7. The number of benzene rings is 2. The number of hydrogen-bond acceptors (Lipinski definition) is 3. The molecule has 0 radical (unpaired) electrons. The van der Waals surface area contributed by atoms with Gasteiger partial charge < -0.3 is 10.8 Å². The molecule has 2 unspecified atom stereocenters. The van der Waals surface area contributed by atoms with E-state index in [1.807, 2.05) is 36.4 Å². The maximum atomic E-state index is 10.7. The molecule has 4 heteroatoms. The van der Waals surface area contributed by atoms with Gasteiger partial charge in [0.25, 0.3) is 0 Å². The zero-order valence-corrected chi connectivity index (χ0v) is 13.8. The minimum Gasteiger partial charge on any atom is -0.387 e. The first kappa shape index (κ1) is 14.7. The summed E-state index contributed by atoms with van der Waals surface area (Å²) in [6.45, 7) is 0.414. The highest BCUT2D eigenvalue weighted by Crippen LogP contribution is 2.37. The van der Waals surface area contributed by atoms with Crippen molar-refractivity contribution in [2.24, 2.45) is 5.73 Å². The molecule has 0 bridgehead atoms. The molecule has 108 valence electrons. The summed E-state index contributed by atoms with van der Waals surface area (Å²) in [6, 6.07) is 18.2. The van der Waals surface area contributed by atoms with Crippen molar-refractivity contribution >= 4 is 37.4 Å². The van der Waals surface area contributed by atoms with Crippen LogP contribution in [0.25, 0.3) is 10.1 Å². The van der Waals surface area contributed by atoms with Crippen LogP contribution in [0.2, 0.25) is 0 Å². The molecular formula is C17H16BrNOS. The molecule has 1 heterocycles. The first-order valence-electron chi connectivity index (χ1n) is 6.81. The summed E-state index contributed by atoms with van der Waals surface area (Å²) >= 11 is 5.06. The molecule has 3 N–H and O–H groups in total. The van der Waals surface area contributed by atoms with Crippen LogP contribution in [0.15, 0.2) is 59.1 Å². The van der Waals surface area contributed by atoms with Crippen molar-refractivity contribution < 1.29 is 5.11 Å². The summed E-state index contributed by atoms with van der Waals surface area (Å²) in [6.07, 6.45) is -0.575. The van der Waals surface area contributed by atoms with Crippen LogP contribution in [0, 0.1) is 0 Å². The van der Waals surface area contributed by atoms with Crippen LogP contribution in [0.1, 0.15) is 22.5 Å². The number of aliphatic hydroxyl groups is 1. The Bertz CT molecular complexity index is 705. The van der Waals surface area contributed by atoms with Gasteiger partial charge in [-0.3, -0.25) is 0 Å². The van der Waals surface area contributed by atoms with Gasteiger partial charge in [0.15, 0.2) is 0 Å². The van der Waals surface area contributed by atoms with Gasteiger partial charge in [0.2, 0.25) is 0 Å². The molecule has 1 aromatic heterocycles. The number of hydrogen-bond donors (Lipinski definition) is 2. The van der Waals surface area contributed by atoms with E-state index in [-0.39, 0.29) is 5.92 Å². The Labute approximate surface area is 136 Å². The Kier molecular flexibility index (Phi) is 4.40. The third-order valence-electron chi connectivity index (χ3n) is 3.67. The van der Waals surface area contributed by atoms with Crippen LogP contribution in [0.5, 0.6) is 0 Å². The summed E-state index contributed by atoms with van der Waals surface area (Å²) in [5.41, 5.74) is 6.97. The number of rotatable bonds is 4. The second kappa shape index (κ2) is 6.28. The normalized spacial score (nSPS) is 14.2. The first-order valence-corrected chi connectivity index (χ1v) is 8.42. The van der Waals surface area contributed by atoms with Gasteiger partial charge in [0, 0.05) is 26.5 Å². The van der Waals surface area contributed by atoms with Crippen molar-refractivity contribution in [1.82, 2.24) is 0 Å². The van der Waals surface area contributed by atoms with Crippen LogP contribution in [-0.2, 0) is 0 Å². The molecule has 0 aliphatic heterocycles. The molecule has 2 atom stereocenters. The molecule has 3 rings (SSSR count). The topological polar surface area (TPSA) is 46.2 Å². The van der Waals surface area contributed by atoms with E-state index in [9.17, 15) is 5.11 Å². The van der Waals surface area contributed by atoms with Crippen molar-refractivity contribution in [2.75, 3.05) is 6.54 Å². The Morgan fingerprint density at radius 3 is 2.48 bits per heavy atom. The van der Waals surface area contributed by atoms with Crippen LogP contribution < -0.4 is 5.73 Å². The monoisotopic (exact) mass is 361 g/mol. The van der Waals surface area contributed by atoms with Crippen LogP contribution in [-0.4, -0.2) is 11.7 Å². The van der Waals surface area contributed by atoms with E-state index in [1.165, 1.54) is 10.1 Å². The van der Waals surface area contributed by atoms with Gasteiger partial charge in [-0.05, 0) is 35.2 Å². The predicted octanol–water partition coefficient (Wildman–Crippen LogP) is 4.44. The van der Waals surface area contributed by atoms with E-state index in [0.29, 0.717) is 6.54 Å². The van der Waals surface area contributed by atoms with Gasteiger partial charge in [0.1, 0.15) is 0 Å². The van der Waals surface area contributed by atoms with E-state index >= 15 is 0 Å². The van der Waals surface area contributed by atoms with E-state index in [2.05, 4.69) is 34.1 Å². The Hall–Kier alpha value is -1.20. The fraction of sp³-hybridized carbons (Fsp3) is 0.176. The van der Waals surface area contributed by atoms with Gasteiger partial charge in [0.05, 0.1) is 6.10 Å². The molecule has 2 aromatic carbocycles. The summed E-state index contributed by atoms with van der Waals surface area (Å²) in [5, 5.41) is 11.9. The highest BCUT2D eigenvalue weighted by molar-refractivity contribution is 9.10. The van der Waals surface area contributed by atoms with Crippen molar-refractivity contribution in [3.63, 3.8) is 0 Å². The molecular weight excluding hydrogens is 346 g/mol. The molecule has 21 heavy (non-hydrogen) atoms.